The molecule has 0 aliphatic heterocycles. The molecule has 0 aromatic heterocycles. The van der Waals surface area contributed by atoms with E-state index in [9.17, 15) is 9.59 Å². The van der Waals surface area contributed by atoms with Crippen molar-refractivity contribution < 1.29 is 24.2 Å². The van der Waals surface area contributed by atoms with E-state index < -0.39 is 11.6 Å². The van der Waals surface area contributed by atoms with Gasteiger partial charge >= 0.3 is 11.9 Å². The molecule has 0 fully saturated rings. The second kappa shape index (κ2) is 6.40. The molecule has 5 heteroatoms. The van der Waals surface area contributed by atoms with Gasteiger partial charge in [-0.1, -0.05) is 0 Å². The third-order valence-corrected chi connectivity index (χ3v) is 1.33. The number of hydrogen-bond acceptors (Lipinski definition) is 4. The highest BCUT2D eigenvalue weighted by atomic mass is 16.6. The predicted octanol–water partition coefficient (Wildman–Crippen LogP) is 1.21. The van der Waals surface area contributed by atoms with Crippen LogP contribution in [-0.4, -0.2) is 35.9 Å². The van der Waals surface area contributed by atoms with Crippen LogP contribution in [0.2, 0.25) is 0 Å². The molecular formula is C10H18O5. The van der Waals surface area contributed by atoms with Crippen molar-refractivity contribution in [2.45, 2.75) is 39.2 Å². The minimum absolute atomic E-state index is 0.0473. The van der Waals surface area contributed by atoms with Gasteiger partial charge in [0.25, 0.3) is 0 Å². The molecule has 0 saturated heterocycles. The van der Waals surface area contributed by atoms with Crippen molar-refractivity contribution in [3.05, 3.63) is 0 Å². The molecule has 5 nitrogen and oxygen atoms in total. The highest BCUT2D eigenvalue weighted by Gasteiger charge is 2.15. The van der Waals surface area contributed by atoms with Gasteiger partial charge in [-0.15, -0.1) is 0 Å². The van der Waals surface area contributed by atoms with Crippen molar-refractivity contribution >= 4 is 11.9 Å². The summed E-state index contributed by atoms with van der Waals surface area (Å²) in [5.41, 5.74) is -0.488. The lowest BCUT2D eigenvalue weighted by molar-refractivity contribution is -0.156. The zero-order valence-electron chi connectivity index (χ0n) is 9.41. The molecule has 0 aromatic carbocycles. The molecule has 0 aliphatic carbocycles. The zero-order chi connectivity index (χ0) is 11.9. The van der Waals surface area contributed by atoms with Gasteiger partial charge < -0.3 is 14.6 Å². The largest absolute Gasteiger partial charge is 0.481 e. The van der Waals surface area contributed by atoms with E-state index in [0.29, 0.717) is 0 Å². The first-order chi connectivity index (χ1) is 6.81. The van der Waals surface area contributed by atoms with Gasteiger partial charge in [0.05, 0.1) is 26.1 Å². The number of carboxylic acid groups (broad SMARTS) is 1. The summed E-state index contributed by atoms with van der Waals surface area (Å²) < 4.78 is 9.98. The SMILES string of the molecule is CC(C)(C)OC(=O)CCOCCC(=O)O. The summed E-state index contributed by atoms with van der Waals surface area (Å²) in [4.78, 5) is 21.2. The number of hydrogen-bond donors (Lipinski definition) is 1. The summed E-state index contributed by atoms with van der Waals surface area (Å²) in [5.74, 6) is -1.25. The lowest BCUT2D eigenvalue weighted by Gasteiger charge is -2.19. The minimum atomic E-state index is -0.910. The number of carbonyl (C=O) groups excluding carboxylic acids is 1. The van der Waals surface area contributed by atoms with E-state index in [4.69, 9.17) is 14.6 Å². The molecule has 0 aliphatic rings. The van der Waals surface area contributed by atoms with Crippen LogP contribution in [0, 0.1) is 0 Å². The molecule has 0 atom stereocenters. The molecule has 0 amide bonds. The minimum Gasteiger partial charge on any atom is -0.481 e. The van der Waals surface area contributed by atoms with Crippen molar-refractivity contribution in [1.82, 2.24) is 0 Å². The lowest BCUT2D eigenvalue weighted by Crippen LogP contribution is -2.24. The molecule has 15 heavy (non-hydrogen) atoms. The quantitative estimate of drug-likeness (QED) is 0.536. The van der Waals surface area contributed by atoms with E-state index >= 15 is 0 Å². The summed E-state index contributed by atoms with van der Waals surface area (Å²) in [6.45, 7) is 5.68. The van der Waals surface area contributed by atoms with Crippen LogP contribution in [0.15, 0.2) is 0 Å². The number of rotatable bonds is 6. The van der Waals surface area contributed by atoms with Crippen molar-refractivity contribution in [2.24, 2.45) is 0 Å². The number of aliphatic carboxylic acids is 1. The Morgan fingerprint density at radius 2 is 1.67 bits per heavy atom. The number of esters is 1. The highest BCUT2D eigenvalue weighted by molar-refractivity contribution is 5.70. The normalized spacial score (nSPS) is 11.1. The predicted molar refractivity (Wildman–Crippen MR) is 53.5 cm³/mol. The van der Waals surface area contributed by atoms with Crippen LogP contribution in [0.4, 0.5) is 0 Å². The van der Waals surface area contributed by atoms with Gasteiger partial charge in [0.15, 0.2) is 0 Å². The molecule has 0 saturated carbocycles. The third-order valence-electron chi connectivity index (χ3n) is 1.33. The van der Waals surface area contributed by atoms with Gasteiger partial charge in [-0.3, -0.25) is 9.59 Å². The molecule has 0 spiro atoms. The van der Waals surface area contributed by atoms with Crippen LogP contribution in [-0.2, 0) is 19.1 Å². The standard InChI is InChI=1S/C10H18O5/c1-10(2,3)15-9(13)5-7-14-6-4-8(11)12/h4-7H2,1-3H3,(H,11,12). The monoisotopic (exact) mass is 218 g/mol. The Balaban J connectivity index is 3.44. The van der Waals surface area contributed by atoms with Crippen LogP contribution >= 0.6 is 0 Å². The van der Waals surface area contributed by atoms with E-state index in [1.54, 1.807) is 20.8 Å². The van der Waals surface area contributed by atoms with Crippen molar-refractivity contribution in [1.29, 1.82) is 0 Å². The molecule has 0 radical (unpaired) electrons. The maximum atomic E-state index is 11.1. The Kier molecular flexibility index (Phi) is 5.93. The Hall–Kier alpha value is -1.10. The van der Waals surface area contributed by atoms with Crippen LogP contribution in [0.1, 0.15) is 33.6 Å². The average molecular weight is 218 g/mol. The molecule has 0 heterocycles. The first kappa shape index (κ1) is 13.9. The maximum absolute atomic E-state index is 11.1. The maximum Gasteiger partial charge on any atom is 0.308 e. The van der Waals surface area contributed by atoms with Gasteiger partial charge in [0.1, 0.15) is 5.60 Å². The van der Waals surface area contributed by atoms with Gasteiger partial charge in [-0.05, 0) is 20.8 Å². The summed E-state index contributed by atoms with van der Waals surface area (Å²) in [7, 11) is 0. The van der Waals surface area contributed by atoms with E-state index in [0.717, 1.165) is 0 Å². The van der Waals surface area contributed by atoms with E-state index in [-0.39, 0.29) is 32.0 Å². The first-order valence-electron chi connectivity index (χ1n) is 4.82. The fourth-order valence-electron chi connectivity index (χ4n) is 0.810. The second-order valence-corrected chi connectivity index (χ2v) is 4.09. The molecule has 1 N–H and O–H groups in total. The Labute approximate surface area is 89.4 Å². The molecular weight excluding hydrogens is 200 g/mol. The summed E-state index contributed by atoms with van der Waals surface area (Å²) in [5, 5.41) is 8.30. The average Bonchev–Trinajstić information content (AvgIpc) is 1.99. The second-order valence-electron chi connectivity index (χ2n) is 4.09. The molecule has 0 unspecified atom stereocenters. The van der Waals surface area contributed by atoms with Gasteiger partial charge in [-0.25, -0.2) is 0 Å². The van der Waals surface area contributed by atoms with E-state index in [1.165, 1.54) is 0 Å². The van der Waals surface area contributed by atoms with Crippen molar-refractivity contribution in [2.75, 3.05) is 13.2 Å². The summed E-state index contributed by atoms with van der Waals surface area (Å²) >= 11 is 0. The Morgan fingerprint density at radius 3 is 2.13 bits per heavy atom. The lowest BCUT2D eigenvalue weighted by atomic mass is 10.2. The zero-order valence-corrected chi connectivity index (χ0v) is 9.41. The molecule has 0 bridgehead atoms. The highest BCUT2D eigenvalue weighted by Crippen LogP contribution is 2.07. The van der Waals surface area contributed by atoms with E-state index in [1.807, 2.05) is 0 Å². The van der Waals surface area contributed by atoms with Crippen molar-refractivity contribution in [3.63, 3.8) is 0 Å². The third kappa shape index (κ3) is 10.8. The fourth-order valence-corrected chi connectivity index (χ4v) is 0.810. The first-order valence-corrected chi connectivity index (χ1v) is 4.82. The van der Waals surface area contributed by atoms with Crippen molar-refractivity contribution in [3.8, 4) is 0 Å². The molecule has 0 aromatic rings. The molecule has 88 valence electrons. The Bertz CT molecular complexity index is 216. The fraction of sp³-hybridized carbons (Fsp3) is 0.800. The summed E-state index contributed by atoms with van der Waals surface area (Å²) in [6, 6.07) is 0. The Morgan fingerprint density at radius 1 is 1.13 bits per heavy atom. The number of carboxylic acids is 1. The smallest absolute Gasteiger partial charge is 0.308 e. The van der Waals surface area contributed by atoms with Gasteiger partial charge in [-0.2, -0.15) is 0 Å². The number of carbonyl (C=O) groups is 2. The molecule has 0 rings (SSSR count). The van der Waals surface area contributed by atoms with Crippen LogP contribution in [0.25, 0.3) is 0 Å². The van der Waals surface area contributed by atoms with Crippen LogP contribution in [0.3, 0.4) is 0 Å². The topological polar surface area (TPSA) is 72.8 Å². The van der Waals surface area contributed by atoms with Gasteiger partial charge in [0, 0.05) is 0 Å². The van der Waals surface area contributed by atoms with Crippen LogP contribution in [0.5, 0.6) is 0 Å². The number of ether oxygens (including phenoxy) is 2. The van der Waals surface area contributed by atoms with Gasteiger partial charge in [0.2, 0.25) is 0 Å². The van der Waals surface area contributed by atoms with Crippen LogP contribution < -0.4 is 0 Å². The van der Waals surface area contributed by atoms with E-state index in [2.05, 4.69) is 0 Å². The summed E-state index contributed by atoms with van der Waals surface area (Å²) in [6.07, 6.45) is 0.102.